The molecule has 3 N–H and O–H groups in total. The summed E-state index contributed by atoms with van der Waals surface area (Å²) < 4.78 is 25.9. The van der Waals surface area contributed by atoms with Gasteiger partial charge in [-0.2, -0.15) is 0 Å². The number of carbonyl (C=O) groups is 1. The second-order valence-electron chi connectivity index (χ2n) is 10.2. The van der Waals surface area contributed by atoms with Crippen LogP contribution in [-0.2, 0) is 21.9 Å². The Labute approximate surface area is 205 Å². The number of aliphatic hydroxyl groups is 3. The molecule has 0 saturated heterocycles. The van der Waals surface area contributed by atoms with Crippen molar-refractivity contribution in [1.29, 1.82) is 0 Å². The molecule has 0 aliphatic carbocycles. The van der Waals surface area contributed by atoms with Gasteiger partial charge in [0.25, 0.3) is 0 Å². The molecule has 0 aromatic carbocycles. The number of esters is 1. The molecule has 0 unspecified atom stereocenters. The minimum Gasteiger partial charge on any atom is -0.463 e. The van der Waals surface area contributed by atoms with Crippen molar-refractivity contribution in [2.75, 3.05) is 26.4 Å². The molecule has 0 aromatic rings. The molecule has 0 heterocycles. The second kappa shape index (κ2) is 15.8. The highest BCUT2D eigenvalue weighted by Gasteiger charge is 2.51. The van der Waals surface area contributed by atoms with Crippen molar-refractivity contribution in [2.45, 2.75) is 89.1 Å². The van der Waals surface area contributed by atoms with Crippen LogP contribution >= 0.6 is 0 Å². The van der Waals surface area contributed by atoms with Crippen molar-refractivity contribution in [2.24, 2.45) is 0 Å². The maximum absolute atomic E-state index is 11.5. The first-order valence-corrected chi connectivity index (χ1v) is 23.3. The SMILES string of the molecule is C=CC(=O)OCCC[Si](O[Si](C)(C)CCCO)(O[Si](C)(C)CCCO)O[Si](C)(C)CCCO. The van der Waals surface area contributed by atoms with Gasteiger partial charge in [-0.1, -0.05) is 6.58 Å². The van der Waals surface area contributed by atoms with Crippen LogP contribution in [-0.4, -0.2) is 81.5 Å². The average Bonchev–Trinajstić information content (AvgIpc) is 2.71. The molecule has 12 heteroatoms. The van der Waals surface area contributed by atoms with Crippen LogP contribution in [0.2, 0.25) is 63.5 Å². The van der Waals surface area contributed by atoms with Gasteiger partial charge in [0.15, 0.2) is 25.0 Å². The maximum Gasteiger partial charge on any atom is 0.469 e. The van der Waals surface area contributed by atoms with Gasteiger partial charge >= 0.3 is 14.8 Å². The lowest BCUT2D eigenvalue weighted by atomic mass is 10.5. The zero-order valence-electron chi connectivity index (χ0n) is 21.7. The molecule has 0 rings (SSSR count). The molecule has 0 spiro atoms. The van der Waals surface area contributed by atoms with E-state index in [4.69, 9.17) is 17.1 Å². The van der Waals surface area contributed by atoms with E-state index in [2.05, 4.69) is 45.9 Å². The lowest BCUT2D eigenvalue weighted by molar-refractivity contribution is -0.137. The zero-order valence-corrected chi connectivity index (χ0v) is 25.7. The molecule has 0 aliphatic rings. The Morgan fingerprint density at radius 1 is 0.697 bits per heavy atom. The van der Waals surface area contributed by atoms with Gasteiger partial charge in [0.1, 0.15) is 0 Å². The highest BCUT2D eigenvalue weighted by Crippen LogP contribution is 2.34. The topological polar surface area (TPSA) is 115 Å². The van der Waals surface area contributed by atoms with Gasteiger partial charge in [0, 0.05) is 31.9 Å². The van der Waals surface area contributed by atoms with Crippen LogP contribution in [0.5, 0.6) is 0 Å². The fourth-order valence-corrected chi connectivity index (χ4v) is 21.4. The number of hydrogen-bond donors (Lipinski definition) is 3. The number of hydrogen-bond acceptors (Lipinski definition) is 8. The molecule has 0 aliphatic heterocycles. The van der Waals surface area contributed by atoms with Crippen LogP contribution in [0.15, 0.2) is 12.7 Å². The Balaban J connectivity index is 6.00. The zero-order chi connectivity index (χ0) is 25.6. The summed E-state index contributed by atoms with van der Waals surface area (Å²) in [7, 11) is -9.92. The molecule has 0 radical (unpaired) electrons. The quantitative estimate of drug-likeness (QED) is 0.0923. The maximum atomic E-state index is 11.5. The molecule has 0 fully saturated rings. The van der Waals surface area contributed by atoms with Gasteiger partial charge in [-0.3, -0.25) is 0 Å². The van der Waals surface area contributed by atoms with Crippen LogP contribution in [0, 0.1) is 0 Å². The van der Waals surface area contributed by atoms with Crippen molar-refractivity contribution in [3.05, 3.63) is 12.7 Å². The highest BCUT2D eigenvalue weighted by molar-refractivity contribution is 6.90. The monoisotopic (exact) mass is 540 g/mol. The first-order valence-electron chi connectivity index (χ1n) is 12.0. The van der Waals surface area contributed by atoms with E-state index in [-0.39, 0.29) is 26.4 Å². The number of aliphatic hydroxyl groups excluding tert-OH is 3. The van der Waals surface area contributed by atoms with E-state index in [0.29, 0.717) is 31.7 Å². The molecule has 0 saturated carbocycles. The van der Waals surface area contributed by atoms with Crippen LogP contribution < -0.4 is 0 Å². The third-order valence-corrected chi connectivity index (χ3v) is 21.1. The summed E-state index contributed by atoms with van der Waals surface area (Å²) in [6.07, 6.45) is 3.69. The Bertz CT molecular complexity index is 517. The first-order chi connectivity index (χ1) is 15.3. The first kappa shape index (κ1) is 32.8. The summed E-state index contributed by atoms with van der Waals surface area (Å²) in [6, 6.07) is 2.88. The van der Waals surface area contributed by atoms with Crippen LogP contribution in [0.25, 0.3) is 0 Å². The molecule has 8 nitrogen and oxygen atoms in total. The average molecular weight is 541 g/mol. The van der Waals surface area contributed by atoms with E-state index in [1.807, 2.05) is 0 Å². The van der Waals surface area contributed by atoms with Crippen LogP contribution in [0.1, 0.15) is 25.7 Å². The Morgan fingerprint density at radius 2 is 1.06 bits per heavy atom. The smallest absolute Gasteiger partial charge is 0.463 e. The van der Waals surface area contributed by atoms with Crippen molar-refractivity contribution in [3.8, 4) is 0 Å². The minimum absolute atomic E-state index is 0.112. The summed E-state index contributed by atoms with van der Waals surface area (Å²) in [4.78, 5) is 11.5. The van der Waals surface area contributed by atoms with Crippen molar-refractivity contribution in [3.63, 3.8) is 0 Å². The fraction of sp³-hybridized carbons (Fsp3) is 0.857. The lowest BCUT2D eigenvalue weighted by Crippen LogP contribution is -2.62. The molecule has 0 amide bonds. The molecule has 0 atom stereocenters. The highest BCUT2D eigenvalue weighted by atomic mass is 28.5. The predicted octanol–water partition coefficient (Wildman–Crippen LogP) is 3.86. The largest absolute Gasteiger partial charge is 0.469 e. The van der Waals surface area contributed by atoms with E-state index >= 15 is 0 Å². The van der Waals surface area contributed by atoms with Crippen molar-refractivity contribution < 1.29 is 37.2 Å². The number of ether oxygens (including phenoxy) is 1. The standard InChI is InChI=1S/C21H48O8Si4/c1-8-21(25)26-16-12-20-33(27-30(2,3)17-9-13-22,28-31(4,5)18-10-14-23)29-32(6,7)19-11-15-24/h8,22-24H,1,9-20H2,2-7H3. The third kappa shape index (κ3) is 15.4. The normalized spacial score (nSPS) is 13.2. The van der Waals surface area contributed by atoms with E-state index < -0.39 is 39.7 Å². The summed E-state index contributed by atoms with van der Waals surface area (Å²) in [6.45, 7) is 16.7. The molecular formula is C21H48O8Si4. The Kier molecular flexibility index (Phi) is 15.7. The molecular weight excluding hydrogens is 493 g/mol. The molecule has 0 bridgehead atoms. The van der Waals surface area contributed by atoms with Crippen molar-refractivity contribution >= 4 is 39.7 Å². The Morgan fingerprint density at radius 3 is 1.36 bits per heavy atom. The summed E-state index contributed by atoms with van der Waals surface area (Å²) in [5.41, 5.74) is 0. The van der Waals surface area contributed by atoms with E-state index in [0.717, 1.165) is 24.2 Å². The van der Waals surface area contributed by atoms with Gasteiger partial charge in [-0.05, 0) is 83.1 Å². The lowest BCUT2D eigenvalue weighted by Gasteiger charge is -2.45. The summed E-state index contributed by atoms with van der Waals surface area (Å²) in [5, 5.41) is 28.1. The van der Waals surface area contributed by atoms with E-state index in [1.165, 1.54) is 0 Å². The minimum atomic E-state index is -3.21. The van der Waals surface area contributed by atoms with E-state index in [1.54, 1.807) is 0 Å². The summed E-state index contributed by atoms with van der Waals surface area (Å²) in [5.74, 6) is -0.460. The van der Waals surface area contributed by atoms with Crippen molar-refractivity contribution in [1.82, 2.24) is 0 Å². The fourth-order valence-electron chi connectivity index (χ4n) is 3.67. The molecule has 196 valence electrons. The van der Waals surface area contributed by atoms with Gasteiger partial charge in [-0.15, -0.1) is 0 Å². The van der Waals surface area contributed by atoms with Crippen LogP contribution in [0.3, 0.4) is 0 Å². The number of carbonyl (C=O) groups excluding carboxylic acids is 1. The van der Waals surface area contributed by atoms with Gasteiger partial charge in [0.05, 0.1) is 6.61 Å². The third-order valence-electron chi connectivity index (χ3n) is 5.14. The summed E-state index contributed by atoms with van der Waals surface area (Å²) >= 11 is 0. The predicted molar refractivity (Wildman–Crippen MR) is 142 cm³/mol. The van der Waals surface area contributed by atoms with Gasteiger partial charge in [0.2, 0.25) is 0 Å². The van der Waals surface area contributed by atoms with Crippen LogP contribution in [0.4, 0.5) is 0 Å². The second-order valence-corrected chi connectivity index (χ2v) is 26.6. The van der Waals surface area contributed by atoms with E-state index in [9.17, 15) is 20.1 Å². The molecule has 0 aromatic heterocycles. The van der Waals surface area contributed by atoms with Gasteiger partial charge < -0.3 is 32.4 Å². The molecule has 33 heavy (non-hydrogen) atoms. The Hall–Kier alpha value is -0.162. The van der Waals surface area contributed by atoms with Gasteiger partial charge in [-0.25, -0.2) is 4.79 Å². The number of rotatable bonds is 20.